The summed E-state index contributed by atoms with van der Waals surface area (Å²) >= 11 is 0. The first-order valence-electron chi connectivity index (χ1n) is 24.6. The normalized spacial score (nSPS) is 12.6. The molecule has 2 heterocycles. The quantitative estimate of drug-likeness (QED) is 0.166. The Morgan fingerprint density at radius 2 is 0.657 bits per heavy atom. The number of para-hydroxylation sites is 6. The molecule has 0 fully saturated rings. The molecule has 10 aromatic carbocycles. The van der Waals surface area contributed by atoms with Crippen LogP contribution in [-0.4, -0.2) is 0 Å². The standard InChI is InChI=1S/C66H54N2O2/c1-39-17-9-11-25-57(39)67(59-27-15-21-49-47-19-13-23-55(65(3,4)5)61(47)69-63(49)59)45-31-29-41-35-51-53(37-43(41)33-45)52-36-42-30-32-46(34-44(42)38-54(51)52)68(58-26-12-10-18-40(58)2)60-28-16-22-50-48-20-14-24-56(66(6,7)8)62(48)70-64(50)60/h9-38H,1-8H3. The smallest absolute Gasteiger partial charge is 0.159 e. The molecule has 0 spiro atoms. The largest absolute Gasteiger partial charge is 0.454 e. The summed E-state index contributed by atoms with van der Waals surface area (Å²) in [5.74, 6) is 0. The Bertz CT molecular complexity index is 3850. The second-order valence-corrected chi connectivity index (χ2v) is 21.5. The lowest BCUT2D eigenvalue weighted by molar-refractivity contribution is 0.572. The van der Waals surface area contributed by atoms with E-state index in [1.54, 1.807) is 0 Å². The molecule has 12 aromatic rings. The molecule has 0 amide bonds. The molecule has 1 aliphatic carbocycles. The third kappa shape index (κ3) is 6.43. The Hall–Kier alpha value is -8.08. The summed E-state index contributed by atoms with van der Waals surface area (Å²) in [6.45, 7) is 17.9. The maximum Gasteiger partial charge on any atom is 0.159 e. The average Bonchev–Trinajstić information content (AvgIpc) is 3.93. The first kappa shape index (κ1) is 42.1. The molecule has 0 unspecified atom stereocenters. The van der Waals surface area contributed by atoms with E-state index >= 15 is 0 Å². The summed E-state index contributed by atoms with van der Waals surface area (Å²) in [5.41, 5.74) is 20.0. The van der Waals surface area contributed by atoms with Gasteiger partial charge in [-0.25, -0.2) is 0 Å². The van der Waals surface area contributed by atoms with Crippen molar-refractivity contribution in [3.05, 3.63) is 204 Å². The van der Waals surface area contributed by atoms with E-state index in [2.05, 4.69) is 247 Å². The van der Waals surface area contributed by atoms with Gasteiger partial charge in [0.2, 0.25) is 0 Å². The van der Waals surface area contributed by atoms with E-state index in [4.69, 9.17) is 8.83 Å². The topological polar surface area (TPSA) is 32.8 Å². The van der Waals surface area contributed by atoms with Crippen LogP contribution in [0.5, 0.6) is 0 Å². The van der Waals surface area contributed by atoms with Gasteiger partial charge in [-0.15, -0.1) is 0 Å². The summed E-state index contributed by atoms with van der Waals surface area (Å²) in [5, 5.41) is 9.36. The fourth-order valence-corrected chi connectivity index (χ4v) is 11.3. The van der Waals surface area contributed by atoms with Gasteiger partial charge >= 0.3 is 0 Å². The van der Waals surface area contributed by atoms with E-state index in [1.165, 1.54) is 66.1 Å². The van der Waals surface area contributed by atoms with Crippen molar-refractivity contribution < 1.29 is 8.83 Å². The number of benzene rings is 10. The van der Waals surface area contributed by atoms with Gasteiger partial charge in [0.1, 0.15) is 11.2 Å². The number of aryl methyl sites for hydroxylation is 2. The van der Waals surface area contributed by atoms with Crippen LogP contribution in [0.3, 0.4) is 0 Å². The highest BCUT2D eigenvalue weighted by Gasteiger charge is 2.29. The number of rotatable bonds is 6. The highest BCUT2D eigenvalue weighted by atomic mass is 16.3. The van der Waals surface area contributed by atoms with Crippen LogP contribution in [0, 0.1) is 13.8 Å². The molecule has 2 aromatic heterocycles. The van der Waals surface area contributed by atoms with Crippen molar-refractivity contribution >= 4 is 99.5 Å². The second kappa shape index (κ2) is 15.2. The fraction of sp³-hybridized carbons (Fsp3) is 0.152. The predicted molar refractivity (Wildman–Crippen MR) is 297 cm³/mol. The second-order valence-electron chi connectivity index (χ2n) is 21.5. The molecule has 0 atom stereocenters. The molecule has 0 saturated heterocycles. The summed E-state index contributed by atoms with van der Waals surface area (Å²) in [6, 6.07) is 66.9. The number of hydrogen-bond acceptors (Lipinski definition) is 4. The van der Waals surface area contributed by atoms with E-state index in [0.29, 0.717) is 0 Å². The van der Waals surface area contributed by atoms with Crippen molar-refractivity contribution in [1.82, 2.24) is 0 Å². The van der Waals surface area contributed by atoms with Gasteiger partial charge in [0, 0.05) is 55.4 Å². The molecule has 0 bridgehead atoms. The zero-order valence-electron chi connectivity index (χ0n) is 41.0. The van der Waals surface area contributed by atoms with E-state index in [-0.39, 0.29) is 10.8 Å². The minimum absolute atomic E-state index is 0.0660. The van der Waals surface area contributed by atoms with Gasteiger partial charge < -0.3 is 18.6 Å². The fourth-order valence-electron chi connectivity index (χ4n) is 11.3. The highest BCUT2D eigenvalue weighted by molar-refractivity contribution is 6.15. The Kier molecular flexibility index (Phi) is 9.14. The lowest BCUT2D eigenvalue weighted by atomic mass is 9.78. The maximum atomic E-state index is 6.97. The van der Waals surface area contributed by atoms with E-state index in [0.717, 1.165) is 78.0 Å². The SMILES string of the molecule is Cc1ccccc1N(c1ccc2cc3c(cc2c1)-c1cc2ccc(N(c4ccccc4C)c4cccc5c4oc4c(C(C)(C)C)cccc45)cc2cc1-3)c1cccc2c1oc1c(C(C)(C)C)cccc12. The summed E-state index contributed by atoms with van der Waals surface area (Å²) < 4.78 is 13.9. The monoisotopic (exact) mass is 906 g/mol. The van der Waals surface area contributed by atoms with E-state index in [9.17, 15) is 0 Å². The lowest BCUT2D eigenvalue weighted by Crippen LogP contribution is -2.12. The van der Waals surface area contributed by atoms with Crippen LogP contribution in [0.1, 0.15) is 63.8 Å². The van der Waals surface area contributed by atoms with Crippen molar-refractivity contribution in [1.29, 1.82) is 0 Å². The number of fused-ring (bicyclic) bond motifs is 12. The van der Waals surface area contributed by atoms with Crippen LogP contribution in [0.15, 0.2) is 191 Å². The van der Waals surface area contributed by atoms with Gasteiger partial charge in [0.05, 0.1) is 11.4 Å². The van der Waals surface area contributed by atoms with Crippen LogP contribution in [0.4, 0.5) is 34.1 Å². The van der Waals surface area contributed by atoms with Crippen molar-refractivity contribution in [3.63, 3.8) is 0 Å². The molecule has 1 aliphatic rings. The molecule has 70 heavy (non-hydrogen) atoms. The molecular weight excluding hydrogens is 853 g/mol. The molecule has 0 N–H and O–H groups in total. The molecule has 0 radical (unpaired) electrons. The molecule has 4 heteroatoms. The molecule has 0 aliphatic heterocycles. The van der Waals surface area contributed by atoms with Crippen molar-refractivity contribution in [2.45, 2.75) is 66.2 Å². The minimum Gasteiger partial charge on any atom is -0.454 e. The molecule has 4 nitrogen and oxygen atoms in total. The van der Waals surface area contributed by atoms with Crippen molar-refractivity contribution in [2.75, 3.05) is 9.80 Å². The Balaban J connectivity index is 0.917. The van der Waals surface area contributed by atoms with Crippen LogP contribution in [0.2, 0.25) is 0 Å². The van der Waals surface area contributed by atoms with Crippen LogP contribution in [0.25, 0.3) is 87.7 Å². The van der Waals surface area contributed by atoms with Gasteiger partial charge in [-0.2, -0.15) is 0 Å². The van der Waals surface area contributed by atoms with Gasteiger partial charge in [0.15, 0.2) is 11.2 Å². The Labute approximate surface area is 409 Å². The van der Waals surface area contributed by atoms with Gasteiger partial charge in [-0.1, -0.05) is 151 Å². The molecule has 0 saturated carbocycles. The van der Waals surface area contributed by atoms with Gasteiger partial charge in [-0.05, 0) is 152 Å². The zero-order valence-corrected chi connectivity index (χ0v) is 41.0. The van der Waals surface area contributed by atoms with Gasteiger partial charge in [0.25, 0.3) is 0 Å². The third-order valence-electron chi connectivity index (χ3n) is 14.8. The first-order valence-corrected chi connectivity index (χ1v) is 24.6. The van der Waals surface area contributed by atoms with E-state index in [1.807, 2.05) is 0 Å². The number of hydrogen-bond donors (Lipinski definition) is 0. The van der Waals surface area contributed by atoms with Crippen molar-refractivity contribution in [3.8, 4) is 22.3 Å². The third-order valence-corrected chi connectivity index (χ3v) is 14.8. The van der Waals surface area contributed by atoms with Crippen LogP contribution in [-0.2, 0) is 10.8 Å². The van der Waals surface area contributed by atoms with Crippen LogP contribution < -0.4 is 9.80 Å². The Morgan fingerprint density at radius 1 is 0.314 bits per heavy atom. The Morgan fingerprint density at radius 3 is 1.04 bits per heavy atom. The number of nitrogens with zero attached hydrogens (tertiary/aromatic N) is 2. The summed E-state index contributed by atoms with van der Waals surface area (Å²) in [7, 11) is 0. The lowest BCUT2D eigenvalue weighted by Gasteiger charge is -2.29. The van der Waals surface area contributed by atoms with E-state index < -0.39 is 0 Å². The molecule has 13 rings (SSSR count). The maximum absolute atomic E-state index is 6.97. The highest BCUT2D eigenvalue weighted by Crippen LogP contribution is 2.53. The molecular formula is C66H54N2O2. The summed E-state index contributed by atoms with van der Waals surface area (Å²) in [4.78, 5) is 4.76. The predicted octanol–water partition coefficient (Wildman–Crippen LogP) is 19.6. The molecule has 340 valence electrons. The zero-order chi connectivity index (χ0) is 47.8. The van der Waals surface area contributed by atoms with Gasteiger partial charge in [-0.3, -0.25) is 0 Å². The minimum atomic E-state index is -0.0660. The average molecular weight is 907 g/mol. The van der Waals surface area contributed by atoms with Crippen LogP contribution >= 0.6 is 0 Å². The number of anilines is 6. The van der Waals surface area contributed by atoms with Crippen molar-refractivity contribution in [2.24, 2.45) is 0 Å². The number of furan rings is 2. The summed E-state index contributed by atoms with van der Waals surface area (Å²) in [6.07, 6.45) is 0. The first-order chi connectivity index (χ1) is 33.8.